The summed E-state index contributed by atoms with van der Waals surface area (Å²) >= 11 is 0. The summed E-state index contributed by atoms with van der Waals surface area (Å²) < 4.78 is 46.1. The van der Waals surface area contributed by atoms with Crippen molar-refractivity contribution in [2.45, 2.75) is 12.3 Å². The van der Waals surface area contributed by atoms with Crippen LogP contribution in [-0.4, -0.2) is 29.4 Å². The van der Waals surface area contributed by atoms with Crippen molar-refractivity contribution < 1.29 is 17.2 Å². The molecule has 0 saturated carbocycles. The maximum absolute atomic E-state index is 11.7. The number of sulfonamides is 1. The minimum atomic E-state index is -4.55. The lowest BCUT2D eigenvalue weighted by atomic mass is 10.6. The summed E-state index contributed by atoms with van der Waals surface area (Å²) in [6.07, 6.45) is 1.14. The lowest BCUT2D eigenvalue weighted by Crippen LogP contribution is -2.29. The van der Waals surface area contributed by atoms with Gasteiger partial charge in [0.1, 0.15) is 12.2 Å². The van der Waals surface area contributed by atoms with E-state index in [4.69, 9.17) is 0 Å². The molecule has 0 amide bonds. The van der Waals surface area contributed by atoms with Crippen LogP contribution in [0.1, 0.15) is 5.82 Å². The highest BCUT2D eigenvalue weighted by Gasteiger charge is 2.23. The van der Waals surface area contributed by atoms with Crippen LogP contribution in [0.4, 0.5) is 8.78 Å². The molecule has 1 aromatic rings. The van der Waals surface area contributed by atoms with E-state index in [0.717, 1.165) is 6.33 Å². The fourth-order valence-electron chi connectivity index (χ4n) is 0.548. The van der Waals surface area contributed by atoms with Crippen LogP contribution in [0.25, 0.3) is 0 Å². The van der Waals surface area contributed by atoms with E-state index in [-0.39, 0.29) is 12.4 Å². The van der Waals surface area contributed by atoms with E-state index in [1.807, 2.05) is 0 Å². The van der Waals surface area contributed by atoms with Gasteiger partial charge < -0.3 is 0 Å². The zero-order chi connectivity index (χ0) is 9.90. The molecule has 2 N–H and O–H groups in total. The van der Waals surface area contributed by atoms with E-state index < -0.39 is 15.8 Å². The molecule has 13 heavy (non-hydrogen) atoms. The summed E-state index contributed by atoms with van der Waals surface area (Å²) in [7, 11) is -4.55. The minimum absolute atomic E-state index is 0.171. The third kappa shape index (κ3) is 2.70. The van der Waals surface area contributed by atoms with E-state index in [9.17, 15) is 17.2 Å². The highest BCUT2D eigenvalue weighted by molar-refractivity contribution is 7.89. The van der Waals surface area contributed by atoms with E-state index in [1.54, 1.807) is 4.72 Å². The fourth-order valence-corrected chi connectivity index (χ4v) is 1.01. The summed E-state index contributed by atoms with van der Waals surface area (Å²) in [5.74, 6) is -3.26. The molecule has 0 aliphatic rings. The maximum Gasteiger partial charge on any atom is 0.350 e. The maximum atomic E-state index is 11.7. The second-order valence-corrected chi connectivity index (χ2v) is 3.79. The molecule has 74 valence electrons. The molecule has 0 aliphatic carbocycles. The predicted octanol–water partition coefficient (Wildman–Crippen LogP) is -0.553. The van der Waals surface area contributed by atoms with Crippen LogP contribution < -0.4 is 4.72 Å². The van der Waals surface area contributed by atoms with E-state index in [1.165, 1.54) is 0 Å². The first-order valence-electron chi connectivity index (χ1n) is 3.13. The third-order valence-electron chi connectivity index (χ3n) is 1.14. The van der Waals surface area contributed by atoms with Gasteiger partial charge in [-0.05, 0) is 0 Å². The lowest BCUT2D eigenvalue weighted by Gasteiger charge is -2.02. The quantitative estimate of drug-likeness (QED) is 0.700. The Bertz CT molecular complexity index is 348. The van der Waals surface area contributed by atoms with Gasteiger partial charge in [-0.25, -0.2) is 18.1 Å². The number of aromatic amines is 1. The molecule has 0 aliphatic heterocycles. The van der Waals surface area contributed by atoms with Gasteiger partial charge in [0, 0.05) is 0 Å². The second kappa shape index (κ2) is 3.75. The Balaban J connectivity index is 2.53. The number of aromatic nitrogens is 3. The van der Waals surface area contributed by atoms with Gasteiger partial charge in [-0.2, -0.15) is 13.9 Å². The Morgan fingerprint density at radius 1 is 1.62 bits per heavy atom. The molecule has 0 atom stereocenters. The lowest BCUT2D eigenvalue weighted by molar-refractivity contribution is 0.232. The second-order valence-electron chi connectivity index (χ2n) is 2.06. The molecule has 0 saturated heterocycles. The van der Waals surface area contributed by atoms with Gasteiger partial charge in [0.15, 0.2) is 0 Å². The van der Waals surface area contributed by atoms with Crippen LogP contribution in [0, 0.1) is 0 Å². The number of rotatable bonds is 4. The number of nitrogens with one attached hydrogen (secondary N) is 2. The first-order chi connectivity index (χ1) is 6.02. The zero-order valence-electron chi connectivity index (χ0n) is 6.24. The van der Waals surface area contributed by atoms with Crippen molar-refractivity contribution in [1.82, 2.24) is 19.9 Å². The highest BCUT2D eigenvalue weighted by atomic mass is 32.2. The van der Waals surface area contributed by atoms with Crippen LogP contribution in [0.2, 0.25) is 0 Å². The van der Waals surface area contributed by atoms with Crippen LogP contribution in [0.3, 0.4) is 0 Å². The van der Waals surface area contributed by atoms with Crippen LogP contribution in [0.15, 0.2) is 6.33 Å². The molecule has 0 aromatic carbocycles. The highest BCUT2D eigenvalue weighted by Crippen LogP contribution is 2.01. The summed E-state index contributed by atoms with van der Waals surface area (Å²) in [6.45, 7) is -0.327. The number of H-pyrrole nitrogens is 1. The van der Waals surface area contributed by atoms with Gasteiger partial charge in [0.25, 0.3) is 10.0 Å². The van der Waals surface area contributed by atoms with Crippen molar-refractivity contribution in [2.24, 2.45) is 0 Å². The number of hydrogen-bond acceptors (Lipinski definition) is 4. The number of hydrogen-bond donors (Lipinski definition) is 2. The predicted molar refractivity (Wildman–Crippen MR) is 38.1 cm³/mol. The van der Waals surface area contributed by atoms with Crippen molar-refractivity contribution in [3.8, 4) is 0 Å². The summed E-state index contributed by atoms with van der Waals surface area (Å²) in [5.41, 5.74) is 0. The van der Waals surface area contributed by atoms with Crippen molar-refractivity contribution in [3.63, 3.8) is 0 Å². The van der Waals surface area contributed by atoms with Gasteiger partial charge in [0.2, 0.25) is 0 Å². The molecule has 9 heteroatoms. The smallest absolute Gasteiger partial charge is 0.262 e. The topological polar surface area (TPSA) is 87.7 Å². The molecule has 0 unspecified atom stereocenters. The molecular weight excluding hydrogens is 206 g/mol. The third-order valence-corrected chi connectivity index (χ3v) is 2.16. The molecular formula is C4H6F2N4O2S. The monoisotopic (exact) mass is 212 g/mol. The fraction of sp³-hybridized carbons (Fsp3) is 0.500. The van der Waals surface area contributed by atoms with E-state index in [2.05, 4.69) is 15.2 Å². The SMILES string of the molecule is O=S(=O)(NCc1ncn[nH]1)C(F)F. The average molecular weight is 212 g/mol. The standard InChI is InChI=1S/C4H6F2N4O2S/c5-4(6)13(11,12)9-1-3-7-2-8-10-3/h2,4,9H,1H2,(H,7,8,10). The Morgan fingerprint density at radius 3 is 2.77 bits per heavy atom. The Labute approximate surface area is 72.4 Å². The summed E-state index contributed by atoms with van der Waals surface area (Å²) in [6, 6.07) is 0. The number of nitrogens with zero attached hydrogens (tertiary/aromatic N) is 2. The van der Waals surface area contributed by atoms with Crippen molar-refractivity contribution in [2.75, 3.05) is 0 Å². The minimum Gasteiger partial charge on any atom is -0.262 e. The Kier molecular flexibility index (Phi) is 2.88. The van der Waals surface area contributed by atoms with Gasteiger partial charge in [-0.3, -0.25) is 5.10 Å². The van der Waals surface area contributed by atoms with E-state index in [0.29, 0.717) is 0 Å². The molecule has 0 spiro atoms. The molecule has 1 aromatic heterocycles. The summed E-state index contributed by atoms with van der Waals surface area (Å²) in [5, 5.41) is 5.72. The average Bonchev–Trinajstić information content (AvgIpc) is 2.52. The van der Waals surface area contributed by atoms with Gasteiger partial charge in [-0.1, -0.05) is 0 Å². The van der Waals surface area contributed by atoms with Crippen molar-refractivity contribution in [1.29, 1.82) is 0 Å². The largest absolute Gasteiger partial charge is 0.350 e. The molecule has 0 bridgehead atoms. The number of halogens is 2. The number of alkyl halides is 2. The summed E-state index contributed by atoms with van der Waals surface area (Å²) in [4.78, 5) is 3.54. The molecule has 1 rings (SSSR count). The first kappa shape index (κ1) is 9.99. The van der Waals surface area contributed by atoms with Gasteiger partial charge in [0.05, 0.1) is 6.54 Å². The normalized spacial score (nSPS) is 12.2. The van der Waals surface area contributed by atoms with Gasteiger partial charge in [-0.15, -0.1) is 0 Å². The molecule has 6 nitrogen and oxygen atoms in total. The van der Waals surface area contributed by atoms with Crippen LogP contribution in [-0.2, 0) is 16.6 Å². The Hall–Kier alpha value is -1.09. The van der Waals surface area contributed by atoms with Gasteiger partial charge >= 0.3 is 5.76 Å². The van der Waals surface area contributed by atoms with Crippen LogP contribution in [0.5, 0.6) is 0 Å². The zero-order valence-corrected chi connectivity index (χ0v) is 7.05. The molecule has 0 radical (unpaired) electrons. The molecule has 0 fully saturated rings. The first-order valence-corrected chi connectivity index (χ1v) is 4.68. The van der Waals surface area contributed by atoms with Crippen molar-refractivity contribution >= 4 is 10.0 Å². The molecule has 1 heterocycles. The van der Waals surface area contributed by atoms with Crippen LogP contribution >= 0.6 is 0 Å². The Morgan fingerprint density at radius 2 is 2.31 bits per heavy atom. The van der Waals surface area contributed by atoms with E-state index >= 15 is 0 Å². The van der Waals surface area contributed by atoms with Crippen molar-refractivity contribution in [3.05, 3.63) is 12.2 Å².